The highest BCUT2D eigenvalue weighted by Crippen LogP contribution is 2.19. The summed E-state index contributed by atoms with van der Waals surface area (Å²) in [4.78, 5) is 10.4. The van der Waals surface area contributed by atoms with E-state index in [0.717, 1.165) is 10.0 Å². The van der Waals surface area contributed by atoms with Crippen molar-refractivity contribution in [1.82, 2.24) is 0 Å². The van der Waals surface area contributed by atoms with E-state index in [0.29, 0.717) is 11.3 Å². The Morgan fingerprint density at radius 1 is 1.14 bits per heavy atom. The third kappa shape index (κ3) is 4.61. The van der Waals surface area contributed by atoms with Crippen LogP contribution in [0.15, 0.2) is 58.4 Å². The maximum absolute atomic E-state index is 12.0. The molecule has 0 saturated heterocycles. The Hall–Kier alpha value is -1.79. The van der Waals surface area contributed by atoms with E-state index in [4.69, 9.17) is 0 Å². The molecule has 0 fully saturated rings. The smallest absolute Gasteiger partial charge is 0.258 e. The zero-order valence-corrected chi connectivity index (χ0v) is 13.3. The van der Waals surface area contributed by atoms with Gasteiger partial charge in [-0.3, -0.25) is 14.3 Å². The molecule has 0 aliphatic rings. The van der Waals surface area contributed by atoms with Crippen molar-refractivity contribution < 1.29 is 9.13 Å². The molecule has 6 heteroatoms. The SMILES string of the molecule is O=[N+]([O-])c1ccccc1C=CS(=O)Cc1ccc(Br)cc1. The molecule has 0 heterocycles. The van der Waals surface area contributed by atoms with Crippen molar-refractivity contribution in [2.24, 2.45) is 0 Å². The topological polar surface area (TPSA) is 60.2 Å². The van der Waals surface area contributed by atoms with Gasteiger partial charge in [0.2, 0.25) is 0 Å². The first-order chi connectivity index (χ1) is 10.1. The molecule has 0 aliphatic heterocycles. The van der Waals surface area contributed by atoms with E-state index in [1.807, 2.05) is 24.3 Å². The van der Waals surface area contributed by atoms with Gasteiger partial charge in [0, 0.05) is 15.9 Å². The van der Waals surface area contributed by atoms with Crippen molar-refractivity contribution in [3.05, 3.63) is 79.7 Å². The molecule has 0 aromatic heterocycles. The van der Waals surface area contributed by atoms with Crippen molar-refractivity contribution in [3.8, 4) is 0 Å². The highest BCUT2D eigenvalue weighted by molar-refractivity contribution is 9.10. The summed E-state index contributed by atoms with van der Waals surface area (Å²) in [5.41, 5.74) is 1.41. The normalized spacial score (nSPS) is 12.4. The minimum atomic E-state index is -1.22. The van der Waals surface area contributed by atoms with Crippen LogP contribution >= 0.6 is 15.9 Å². The molecule has 108 valence electrons. The van der Waals surface area contributed by atoms with E-state index < -0.39 is 15.7 Å². The maximum Gasteiger partial charge on any atom is 0.276 e. The first-order valence-electron chi connectivity index (χ1n) is 6.09. The molecule has 0 amide bonds. The summed E-state index contributed by atoms with van der Waals surface area (Å²) in [6, 6.07) is 13.9. The standard InChI is InChI=1S/C15H12BrNO3S/c16-14-7-5-12(6-8-14)11-21(20)10-9-13-3-1-2-4-15(13)17(18)19/h1-10H,11H2. The monoisotopic (exact) mass is 365 g/mol. The molecule has 2 aromatic carbocycles. The van der Waals surface area contributed by atoms with Crippen LogP contribution in [0.2, 0.25) is 0 Å². The third-order valence-corrected chi connectivity index (χ3v) is 4.34. The van der Waals surface area contributed by atoms with Crippen molar-refractivity contribution in [3.63, 3.8) is 0 Å². The van der Waals surface area contributed by atoms with Gasteiger partial charge in [-0.15, -0.1) is 0 Å². The average Bonchev–Trinajstić information content (AvgIpc) is 2.48. The van der Waals surface area contributed by atoms with E-state index in [1.165, 1.54) is 17.6 Å². The molecule has 0 N–H and O–H groups in total. The Labute approximate surface area is 133 Å². The van der Waals surface area contributed by atoms with Crippen LogP contribution in [0.3, 0.4) is 0 Å². The van der Waals surface area contributed by atoms with Crippen molar-refractivity contribution in [1.29, 1.82) is 0 Å². The number of halogens is 1. The van der Waals surface area contributed by atoms with E-state index in [9.17, 15) is 14.3 Å². The van der Waals surface area contributed by atoms with E-state index in [2.05, 4.69) is 15.9 Å². The number of hydrogen-bond acceptors (Lipinski definition) is 3. The fourth-order valence-corrected chi connectivity index (χ4v) is 2.92. The molecule has 0 aliphatic carbocycles. The minimum absolute atomic E-state index is 0.00870. The summed E-state index contributed by atoms with van der Waals surface area (Å²) in [5, 5.41) is 12.4. The zero-order valence-electron chi connectivity index (χ0n) is 10.9. The fraction of sp³-hybridized carbons (Fsp3) is 0.0667. The average molecular weight is 366 g/mol. The minimum Gasteiger partial charge on any atom is -0.258 e. The highest BCUT2D eigenvalue weighted by atomic mass is 79.9. The Bertz CT molecular complexity index is 698. The van der Waals surface area contributed by atoms with Crippen LogP contribution in [0.25, 0.3) is 6.08 Å². The van der Waals surface area contributed by atoms with Crippen LogP contribution in [-0.2, 0) is 16.6 Å². The summed E-state index contributed by atoms with van der Waals surface area (Å²) in [6.07, 6.45) is 1.53. The zero-order chi connectivity index (χ0) is 15.2. The lowest BCUT2D eigenvalue weighted by Crippen LogP contribution is -1.93. The maximum atomic E-state index is 12.0. The van der Waals surface area contributed by atoms with Crippen LogP contribution < -0.4 is 0 Å². The van der Waals surface area contributed by atoms with Crippen LogP contribution in [0, 0.1) is 10.1 Å². The molecule has 1 unspecified atom stereocenters. The lowest BCUT2D eigenvalue weighted by Gasteiger charge is -1.99. The molecular weight excluding hydrogens is 354 g/mol. The van der Waals surface area contributed by atoms with E-state index >= 15 is 0 Å². The van der Waals surface area contributed by atoms with Gasteiger partial charge < -0.3 is 0 Å². The molecular formula is C15H12BrNO3S. The van der Waals surface area contributed by atoms with Gasteiger partial charge >= 0.3 is 0 Å². The van der Waals surface area contributed by atoms with Crippen LogP contribution in [0.1, 0.15) is 11.1 Å². The summed E-state index contributed by atoms with van der Waals surface area (Å²) >= 11 is 3.34. The molecule has 4 nitrogen and oxygen atoms in total. The largest absolute Gasteiger partial charge is 0.276 e. The number of benzene rings is 2. The number of hydrogen-bond donors (Lipinski definition) is 0. The van der Waals surface area contributed by atoms with Gasteiger partial charge in [-0.05, 0) is 29.8 Å². The number of para-hydroxylation sites is 1. The Morgan fingerprint density at radius 3 is 2.48 bits per heavy atom. The van der Waals surface area contributed by atoms with Crippen LogP contribution in [0.4, 0.5) is 5.69 Å². The summed E-state index contributed by atoms with van der Waals surface area (Å²) < 4.78 is 13.0. The first-order valence-corrected chi connectivity index (χ1v) is 8.27. The number of nitrogens with zero attached hydrogens (tertiary/aromatic N) is 1. The van der Waals surface area contributed by atoms with Crippen LogP contribution in [0.5, 0.6) is 0 Å². The van der Waals surface area contributed by atoms with Crippen molar-refractivity contribution >= 4 is 38.5 Å². The molecule has 1 atom stereocenters. The van der Waals surface area contributed by atoms with E-state index in [-0.39, 0.29) is 5.69 Å². The second-order valence-electron chi connectivity index (χ2n) is 4.27. The van der Waals surface area contributed by atoms with Gasteiger partial charge in [0.1, 0.15) is 0 Å². The quantitative estimate of drug-likeness (QED) is 0.586. The number of nitro groups is 1. The molecule has 0 saturated carbocycles. The summed E-state index contributed by atoms with van der Waals surface area (Å²) in [6.45, 7) is 0. The Balaban J connectivity index is 2.09. The Morgan fingerprint density at radius 2 is 1.81 bits per heavy atom. The molecule has 0 spiro atoms. The lowest BCUT2D eigenvalue weighted by atomic mass is 10.2. The van der Waals surface area contributed by atoms with Crippen molar-refractivity contribution in [2.75, 3.05) is 0 Å². The number of rotatable bonds is 5. The second-order valence-corrected chi connectivity index (χ2v) is 6.51. The van der Waals surface area contributed by atoms with Crippen LogP contribution in [-0.4, -0.2) is 9.13 Å². The summed E-state index contributed by atoms with van der Waals surface area (Å²) in [7, 11) is -1.22. The molecule has 0 bridgehead atoms. The van der Waals surface area contributed by atoms with Gasteiger partial charge in [-0.2, -0.15) is 0 Å². The second kappa shape index (κ2) is 7.28. The van der Waals surface area contributed by atoms with Crippen molar-refractivity contribution in [2.45, 2.75) is 5.75 Å². The van der Waals surface area contributed by atoms with Gasteiger partial charge in [0.25, 0.3) is 5.69 Å². The third-order valence-electron chi connectivity index (χ3n) is 2.76. The number of nitro benzene ring substituents is 1. The molecule has 2 rings (SSSR count). The van der Waals surface area contributed by atoms with Gasteiger partial charge in [-0.25, -0.2) is 0 Å². The molecule has 0 radical (unpaired) electrons. The Kier molecular flexibility index (Phi) is 5.41. The molecule has 2 aromatic rings. The first kappa shape index (κ1) is 15.6. The summed E-state index contributed by atoms with van der Waals surface area (Å²) in [5.74, 6) is 0.379. The van der Waals surface area contributed by atoms with Gasteiger partial charge in [0.15, 0.2) is 0 Å². The van der Waals surface area contributed by atoms with E-state index in [1.54, 1.807) is 18.2 Å². The molecule has 21 heavy (non-hydrogen) atoms. The fourth-order valence-electron chi connectivity index (χ4n) is 1.74. The van der Waals surface area contributed by atoms with Gasteiger partial charge in [0.05, 0.1) is 27.0 Å². The predicted molar refractivity (Wildman–Crippen MR) is 88.1 cm³/mol. The van der Waals surface area contributed by atoms with Gasteiger partial charge in [-0.1, -0.05) is 40.2 Å². The highest BCUT2D eigenvalue weighted by Gasteiger charge is 2.09. The lowest BCUT2D eigenvalue weighted by molar-refractivity contribution is -0.385. The predicted octanol–water partition coefficient (Wildman–Crippen LogP) is 4.28.